The third-order valence-corrected chi connectivity index (χ3v) is 3.01. The van der Waals surface area contributed by atoms with E-state index in [0.29, 0.717) is 17.5 Å². The van der Waals surface area contributed by atoms with Crippen LogP contribution < -0.4 is 5.32 Å². The largest absolute Gasteiger partial charge is 0.459 e. The molecule has 0 spiro atoms. The van der Waals surface area contributed by atoms with Gasteiger partial charge in [0.25, 0.3) is 0 Å². The van der Waals surface area contributed by atoms with Crippen LogP contribution in [0.3, 0.4) is 0 Å². The molecular formula is C14H18FNO. The van der Waals surface area contributed by atoms with Gasteiger partial charge >= 0.3 is 0 Å². The molecule has 92 valence electrons. The molecule has 2 nitrogen and oxygen atoms in total. The van der Waals surface area contributed by atoms with Gasteiger partial charge in [0.1, 0.15) is 17.2 Å². The molecule has 0 radical (unpaired) electrons. The Morgan fingerprint density at radius 2 is 2.06 bits per heavy atom. The molecule has 0 bridgehead atoms. The van der Waals surface area contributed by atoms with Gasteiger partial charge in [-0.2, -0.15) is 0 Å². The lowest BCUT2D eigenvalue weighted by molar-refractivity contribution is 0.519. The molecule has 1 N–H and O–H groups in total. The van der Waals surface area contributed by atoms with Gasteiger partial charge in [0.2, 0.25) is 0 Å². The Hall–Kier alpha value is -1.35. The van der Waals surface area contributed by atoms with Gasteiger partial charge in [-0.05, 0) is 31.5 Å². The Labute approximate surface area is 101 Å². The fraction of sp³-hybridized carbons (Fsp3) is 0.429. The maximum atomic E-state index is 14.0. The van der Waals surface area contributed by atoms with Gasteiger partial charge in [-0.25, -0.2) is 4.39 Å². The van der Waals surface area contributed by atoms with Gasteiger partial charge in [0.05, 0.1) is 11.9 Å². The lowest BCUT2D eigenvalue weighted by Gasteiger charge is -2.06. The highest BCUT2D eigenvalue weighted by Crippen LogP contribution is 2.35. The second-order valence-electron chi connectivity index (χ2n) is 4.69. The van der Waals surface area contributed by atoms with E-state index in [2.05, 4.69) is 19.2 Å². The summed E-state index contributed by atoms with van der Waals surface area (Å²) in [6.45, 7) is 6.69. The van der Waals surface area contributed by atoms with Crippen LogP contribution in [0.4, 0.5) is 4.39 Å². The molecule has 17 heavy (non-hydrogen) atoms. The maximum absolute atomic E-state index is 14.0. The number of benzene rings is 1. The van der Waals surface area contributed by atoms with Crippen LogP contribution in [0, 0.1) is 12.7 Å². The molecule has 1 heterocycles. The predicted octanol–water partition coefficient (Wildman–Crippen LogP) is 3.72. The van der Waals surface area contributed by atoms with Crippen LogP contribution in [-0.2, 0) is 6.54 Å². The monoisotopic (exact) mass is 235 g/mol. The first-order chi connectivity index (χ1) is 8.06. The van der Waals surface area contributed by atoms with Gasteiger partial charge in [0.15, 0.2) is 0 Å². The number of hydrogen-bond donors (Lipinski definition) is 1. The fourth-order valence-corrected chi connectivity index (χ4v) is 2.27. The van der Waals surface area contributed by atoms with Crippen molar-refractivity contribution in [1.29, 1.82) is 0 Å². The molecule has 0 aliphatic carbocycles. The second-order valence-corrected chi connectivity index (χ2v) is 4.69. The van der Waals surface area contributed by atoms with E-state index in [4.69, 9.17) is 4.42 Å². The molecule has 0 atom stereocenters. The zero-order valence-electron chi connectivity index (χ0n) is 10.7. The number of halogens is 1. The van der Waals surface area contributed by atoms with Crippen molar-refractivity contribution in [2.75, 3.05) is 7.05 Å². The van der Waals surface area contributed by atoms with Gasteiger partial charge in [-0.15, -0.1) is 0 Å². The van der Waals surface area contributed by atoms with E-state index in [-0.39, 0.29) is 11.7 Å². The average Bonchev–Trinajstić information content (AvgIpc) is 2.64. The van der Waals surface area contributed by atoms with Gasteiger partial charge < -0.3 is 9.73 Å². The van der Waals surface area contributed by atoms with E-state index in [1.54, 1.807) is 6.07 Å². The molecule has 1 aromatic heterocycles. The van der Waals surface area contributed by atoms with Crippen LogP contribution in [0.2, 0.25) is 0 Å². The number of rotatable bonds is 3. The normalized spacial score (nSPS) is 11.6. The molecule has 3 heteroatoms. The standard InChI is InChI=1S/C14H18FNO/c1-8(2)12-11(7-16-4)17-14-9(3)5-6-10(15)13(12)14/h5-6,8,16H,7H2,1-4H3. The number of nitrogens with one attached hydrogen (secondary N) is 1. The lowest BCUT2D eigenvalue weighted by atomic mass is 9.98. The Balaban J connectivity index is 2.80. The number of furan rings is 1. The number of aryl methyl sites for hydroxylation is 1. The third-order valence-electron chi connectivity index (χ3n) is 3.01. The molecule has 0 fully saturated rings. The van der Waals surface area contributed by atoms with E-state index in [0.717, 1.165) is 16.9 Å². The number of fused-ring (bicyclic) bond motifs is 1. The summed E-state index contributed by atoms with van der Waals surface area (Å²) in [7, 11) is 1.86. The van der Waals surface area contributed by atoms with Gasteiger partial charge in [-0.3, -0.25) is 0 Å². The molecule has 0 aliphatic rings. The van der Waals surface area contributed by atoms with Crippen LogP contribution in [0.25, 0.3) is 11.0 Å². The van der Waals surface area contributed by atoms with Crippen molar-refractivity contribution in [3.8, 4) is 0 Å². The molecule has 2 aromatic rings. The second kappa shape index (κ2) is 4.49. The first-order valence-electron chi connectivity index (χ1n) is 5.91. The van der Waals surface area contributed by atoms with Crippen LogP contribution in [-0.4, -0.2) is 7.05 Å². The van der Waals surface area contributed by atoms with Gasteiger partial charge in [0, 0.05) is 5.56 Å². The SMILES string of the molecule is CNCc1oc2c(C)ccc(F)c2c1C(C)C. The maximum Gasteiger partial charge on any atom is 0.140 e. The van der Waals surface area contributed by atoms with E-state index < -0.39 is 0 Å². The van der Waals surface area contributed by atoms with E-state index >= 15 is 0 Å². The average molecular weight is 235 g/mol. The summed E-state index contributed by atoms with van der Waals surface area (Å²) in [6.07, 6.45) is 0. The Morgan fingerprint density at radius 3 is 2.65 bits per heavy atom. The molecule has 2 rings (SSSR count). The van der Waals surface area contributed by atoms with Crippen molar-refractivity contribution in [2.45, 2.75) is 33.2 Å². The molecule has 1 aromatic carbocycles. The molecule has 0 saturated carbocycles. The number of hydrogen-bond acceptors (Lipinski definition) is 2. The highest BCUT2D eigenvalue weighted by molar-refractivity contribution is 5.86. The van der Waals surface area contributed by atoms with E-state index in [1.807, 2.05) is 14.0 Å². The quantitative estimate of drug-likeness (QED) is 0.877. The van der Waals surface area contributed by atoms with Crippen molar-refractivity contribution in [1.82, 2.24) is 5.32 Å². The summed E-state index contributed by atoms with van der Waals surface area (Å²) in [4.78, 5) is 0. The summed E-state index contributed by atoms with van der Waals surface area (Å²) in [6, 6.07) is 3.27. The van der Waals surface area contributed by atoms with Crippen LogP contribution in [0.5, 0.6) is 0 Å². The Morgan fingerprint density at radius 1 is 1.35 bits per heavy atom. The minimum absolute atomic E-state index is 0.194. The van der Waals surface area contributed by atoms with Gasteiger partial charge in [-0.1, -0.05) is 19.9 Å². The smallest absolute Gasteiger partial charge is 0.140 e. The first-order valence-corrected chi connectivity index (χ1v) is 5.91. The van der Waals surface area contributed by atoms with Crippen molar-refractivity contribution in [3.05, 3.63) is 34.8 Å². The fourth-order valence-electron chi connectivity index (χ4n) is 2.27. The summed E-state index contributed by atoms with van der Waals surface area (Å²) < 4.78 is 19.8. The van der Waals surface area contributed by atoms with E-state index in [9.17, 15) is 4.39 Å². The van der Waals surface area contributed by atoms with Crippen molar-refractivity contribution in [2.24, 2.45) is 0 Å². The highest BCUT2D eigenvalue weighted by Gasteiger charge is 2.20. The lowest BCUT2D eigenvalue weighted by Crippen LogP contribution is -2.06. The molecule has 0 saturated heterocycles. The Bertz CT molecular complexity index is 543. The van der Waals surface area contributed by atoms with Crippen LogP contribution in [0.1, 0.15) is 36.7 Å². The molecule has 0 unspecified atom stereocenters. The van der Waals surface area contributed by atoms with Crippen molar-refractivity contribution < 1.29 is 8.81 Å². The zero-order chi connectivity index (χ0) is 12.6. The topological polar surface area (TPSA) is 25.2 Å². The van der Waals surface area contributed by atoms with Crippen LogP contribution in [0.15, 0.2) is 16.5 Å². The molecular weight excluding hydrogens is 217 g/mol. The summed E-state index contributed by atoms with van der Waals surface area (Å²) in [5.41, 5.74) is 2.64. The predicted molar refractivity (Wildman–Crippen MR) is 67.8 cm³/mol. The first kappa shape index (κ1) is 12.1. The minimum atomic E-state index is -0.194. The molecule has 0 aliphatic heterocycles. The third kappa shape index (κ3) is 1.95. The highest BCUT2D eigenvalue weighted by atomic mass is 19.1. The van der Waals surface area contributed by atoms with Crippen LogP contribution >= 0.6 is 0 Å². The summed E-state index contributed by atoms with van der Waals surface area (Å²) in [5, 5.41) is 3.71. The Kier molecular flexibility index (Phi) is 3.20. The molecule has 0 amide bonds. The summed E-state index contributed by atoms with van der Waals surface area (Å²) in [5.74, 6) is 0.891. The van der Waals surface area contributed by atoms with E-state index in [1.165, 1.54) is 6.07 Å². The summed E-state index contributed by atoms with van der Waals surface area (Å²) >= 11 is 0. The minimum Gasteiger partial charge on any atom is -0.459 e. The van der Waals surface area contributed by atoms with Crippen molar-refractivity contribution >= 4 is 11.0 Å². The zero-order valence-corrected chi connectivity index (χ0v) is 10.7. The van der Waals surface area contributed by atoms with Crippen molar-refractivity contribution in [3.63, 3.8) is 0 Å².